The smallest absolute Gasteiger partial charge is 0.296 e. The van der Waals surface area contributed by atoms with E-state index in [1.807, 2.05) is 6.92 Å². The predicted molar refractivity (Wildman–Crippen MR) is 61.8 cm³/mol. The van der Waals surface area contributed by atoms with Crippen molar-refractivity contribution in [2.45, 2.75) is 13.5 Å². The lowest BCUT2D eigenvalue weighted by Gasteiger charge is -2.00. The third-order valence-corrected chi connectivity index (χ3v) is 2.31. The molecule has 0 aliphatic rings. The molecule has 7 heteroatoms. The molecule has 0 aliphatic carbocycles. The lowest BCUT2D eigenvalue weighted by atomic mass is 10.4. The highest BCUT2D eigenvalue weighted by Gasteiger charge is 2.12. The van der Waals surface area contributed by atoms with Gasteiger partial charge in [0.2, 0.25) is 0 Å². The van der Waals surface area contributed by atoms with Gasteiger partial charge < -0.3 is 10.5 Å². The van der Waals surface area contributed by atoms with Crippen LogP contribution in [0.2, 0.25) is 0 Å². The summed E-state index contributed by atoms with van der Waals surface area (Å²) in [7, 11) is 1.53. The molecular weight excluding hydrogens is 222 g/mol. The molecule has 0 atom stereocenters. The van der Waals surface area contributed by atoms with Crippen LogP contribution in [0.15, 0.2) is 17.2 Å². The lowest BCUT2D eigenvalue weighted by molar-refractivity contribution is 0.181. The Balaban J connectivity index is 2.53. The maximum atomic E-state index is 11.9. The van der Waals surface area contributed by atoms with Crippen LogP contribution in [0, 0.1) is 6.92 Å². The Kier molecular flexibility index (Phi) is 2.92. The van der Waals surface area contributed by atoms with Crippen molar-refractivity contribution < 1.29 is 4.74 Å². The summed E-state index contributed by atoms with van der Waals surface area (Å²) in [5.74, 6) is 0.455. The average Bonchev–Trinajstić information content (AvgIpc) is 2.58. The van der Waals surface area contributed by atoms with E-state index in [-0.39, 0.29) is 17.9 Å². The van der Waals surface area contributed by atoms with Gasteiger partial charge in [0.1, 0.15) is 12.0 Å². The van der Waals surface area contributed by atoms with Crippen molar-refractivity contribution in [1.82, 2.24) is 19.7 Å². The number of nitrogens with one attached hydrogen (secondary N) is 1. The number of aromatic amines is 1. The molecule has 0 aliphatic heterocycles. The molecular formula is C10H13N5O2. The summed E-state index contributed by atoms with van der Waals surface area (Å²) in [5.41, 5.74) is 6.78. The van der Waals surface area contributed by atoms with Crippen molar-refractivity contribution in [2.24, 2.45) is 0 Å². The molecule has 7 nitrogen and oxygen atoms in total. The number of aromatic nitrogens is 4. The Morgan fingerprint density at radius 1 is 1.53 bits per heavy atom. The molecule has 0 radical (unpaired) electrons. The highest BCUT2D eigenvalue weighted by molar-refractivity contribution is 5.42. The standard InChI is InChI=1S/C10H13N5O2/c1-6-3-8(13-5-12-6)15-10(16)9(11)7(14-15)4-17-2/h3,5,14H,4,11H2,1-2H3. The maximum absolute atomic E-state index is 11.9. The molecule has 0 fully saturated rings. The molecule has 0 unspecified atom stereocenters. The van der Waals surface area contributed by atoms with Crippen molar-refractivity contribution >= 4 is 5.69 Å². The third-order valence-electron chi connectivity index (χ3n) is 2.31. The minimum atomic E-state index is -0.338. The van der Waals surface area contributed by atoms with E-state index in [9.17, 15) is 4.79 Å². The number of H-pyrrole nitrogens is 1. The van der Waals surface area contributed by atoms with Crippen molar-refractivity contribution in [3.63, 3.8) is 0 Å². The molecule has 0 saturated carbocycles. The summed E-state index contributed by atoms with van der Waals surface area (Å²) in [4.78, 5) is 19.8. The van der Waals surface area contributed by atoms with E-state index in [1.165, 1.54) is 18.1 Å². The number of nitrogens with two attached hydrogens (primary N) is 1. The molecule has 2 aromatic rings. The average molecular weight is 235 g/mol. The highest BCUT2D eigenvalue weighted by Crippen LogP contribution is 2.08. The fourth-order valence-corrected chi connectivity index (χ4v) is 1.47. The molecule has 90 valence electrons. The maximum Gasteiger partial charge on any atom is 0.296 e. The molecule has 2 aromatic heterocycles. The molecule has 17 heavy (non-hydrogen) atoms. The quantitative estimate of drug-likeness (QED) is 0.779. The second kappa shape index (κ2) is 4.38. The van der Waals surface area contributed by atoms with Gasteiger partial charge in [-0.15, -0.1) is 0 Å². The molecule has 3 N–H and O–H groups in total. The van der Waals surface area contributed by atoms with Crippen molar-refractivity contribution in [2.75, 3.05) is 12.8 Å². The van der Waals surface area contributed by atoms with Crippen LogP contribution in [0.25, 0.3) is 5.82 Å². The number of ether oxygens (including phenoxy) is 1. The van der Waals surface area contributed by atoms with Crippen LogP contribution in [-0.4, -0.2) is 26.9 Å². The largest absolute Gasteiger partial charge is 0.393 e. The molecule has 0 saturated heterocycles. The number of aryl methyl sites for hydroxylation is 1. The summed E-state index contributed by atoms with van der Waals surface area (Å²) in [6.45, 7) is 2.07. The van der Waals surface area contributed by atoms with E-state index in [1.54, 1.807) is 6.07 Å². The van der Waals surface area contributed by atoms with Gasteiger partial charge in [-0.05, 0) is 6.92 Å². The van der Waals surface area contributed by atoms with E-state index < -0.39 is 0 Å². The number of anilines is 1. The van der Waals surface area contributed by atoms with Crippen LogP contribution < -0.4 is 11.3 Å². The van der Waals surface area contributed by atoms with E-state index >= 15 is 0 Å². The summed E-state index contributed by atoms with van der Waals surface area (Å²) >= 11 is 0. The number of methoxy groups -OCH3 is 1. The Morgan fingerprint density at radius 3 is 2.94 bits per heavy atom. The summed E-state index contributed by atoms with van der Waals surface area (Å²) in [5, 5.41) is 2.86. The van der Waals surface area contributed by atoms with E-state index in [0.29, 0.717) is 11.5 Å². The molecule has 2 heterocycles. The van der Waals surface area contributed by atoms with E-state index in [2.05, 4.69) is 15.1 Å². The van der Waals surface area contributed by atoms with Crippen LogP contribution in [0.5, 0.6) is 0 Å². The lowest BCUT2D eigenvalue weighted by Crippen LogP contribution is -2.18. The zero-order valence-corrected chi connectivity index (χ0v) is 9.60. The van der Waals surface area contributed by atoms with Gasteiger partial charge in [-0.3, -0.25) is 9.89 Å². The molecule has 0 bridgehead atoms. The number of hydrogen-bond acceptors (Lipinski definition) is 5. The van der Waals surface area contributed by atoms with Gasteiger partial charge >= 0.3 is 0 Å². The van der Waals surface area contributed by atoms with Gasteiger partial charge in [0.25, 0.3) is 5.56 Å². The van der Waals surface area contributed by atoms with Crippen molar-refractivity contribution in [3.05, 3.63) is 34.1 Å². The Bertz CT molecular complexity index is 587. The first-order valence-corrected chi connectivity index (χ1v) is 5.01. The molecule has 2 rings (SSSR count). The van der Waals surface area contributed by atoms with Crippen LogP contribution in [-0.2, 0) is 11.3 Å². The van der Waals surface area contributed by atoms with Gasteiger partial charge in [-0.2, -0.15) is 4.68 Å². The Hall–Kier alpha value is -2.15. The number of hydrogen-bond donors (Lipinski definition) is 2. The highest BCUT2D eigenvalue weighted by atomic mass is 16.5. The topological polar surface area (TPSA) is 98.8 Å². The fourth-order valence-electron chi connectivity index (χ4n) is 1.47. The monoisotopic (exact) mass is 235 g/mol. The summed E-state index contributed by atoms with van der Waals surface area (Å²) in [6, 6.07) is 1.69. The Morgan fingerprint density at radius 2 is 2.29 bits per heavy atom. The van der Waals surface area contributed by atoms with Crippen LogP contribution in [0.4, 0.5) is 5.69 Å². The number of nitrogen functional groups attached to an aromatic ring is 1. The van der Waals surface area contributed by atoms with Gasteiger partial charge in [-0.1, -0.05) is 0 Å². The molecule has 0 amide bonds. The van der Waals surface area contributed by atoms with Gasteiger partial charge in [0.15, 0.2) is 5.82 Å². The second-order valence-corrected chi connectivity index (χ2v) is 3.60. The van der Waals surface area contributed by atoms with Gasteiger partial charge in [0.05, 0.1) is 12.3 Å². The molecule has 0 spiro atoms. The van der Waals surface area contributed by atoms with Crippen LogP contribution in [0.3, 0.4) is 0 Å². The van der Waals surface area contributed by atoms with E-state index in [0.717, 1.165) is 5.69 Å². The second-order valence-electron chi connectivity index (χ2n) is 3.60. The van der Waals surface area contributed by atoms with Gasteiger partial charge in [0, 0.05) is 18.9 Å². The first-order chi connectivity index (χ1) is 8.13. The fraction of sp³-hybridized carbons (Fsp3) is 0.300. The van der Waals surface area contributed by atoms with Crippen LogP contribution >= 0.6 is 0 Å². The minimum Gasteiger partial charge on any atom is -0.393 e. The van der Waals surface area contributed by atoms with Crippen molar-refractivity contribution in [3.8, 4) is 5.82 Å². The first-order valence-electron chi connectivity index (χ1n) is 5.01. The van der Waals surface area contributed by atoms with Crippen LogP contribution in [0.1, 0.15) is 11.4 Å². The Labute approximate surface area is 97.2 Å². The SMILES string of the molecule is COCc1[nH]n(-c2cc(C)ncn2)c(=O)c1N. The molecule has 0 aromatic carbocycles. The first kappa shape index (κ1) is 11.3. The van der Waals surface area contributed by atoms with Crippen molar-refractivity contribution in [1.29, 1.82) is 0 Å². The third kappa shape index (κ3) is 2.04. The zero-order valence-electron chi connectivity index (χ0n) is 9.60. The summed E-state index contributed by atoms with van der Waals surface area (Å²) < 4.78 is 6.22. The van der Waals surface area contributed by atoms with Gasteiger partial charge in [-0.25, -0.2) is 9.97 Å². The number of nitrogens with zero attached hydrogens (tertiary/aromatic N) is 3. The predicted octanol–water partition coefficient (Wildman–Crippen LogP) is -0.00738. The zero-order chi connectivity index (χ0) is 12.4. The number of rotatable bonds is 3. The normalized spacial score (nSPS) is 10.7. The minimum absolute atomic E-state index is 0.142. The summed E-state index contributed by atoms with van der Waals surface area (Å²) in [6.07, 6.45) is 1.39. The van der Waals surface area contributed by atoms with E-state index in [4.69, 9.17) is 10.5 Å².